The van der Waals surface area contributed by atoms with Gasteiger partial charge in [0.05, 0.1) is 51.7 Å². The molecule has 3 fully saturated rings. The van der Waals surface area contributed by atoms with Gasteiger partial charge in [-0.1, -0.05) is 36.0 Å². The quantitative estimate of drug-likeness (QED) is 0.0645. The minimum atomic E-state index is -0.204. The molecule has 7 N–H and O–H groups in total. The van der Waals surface area contributed by atoms with Gasteiger partial charge in [-0.15, -0.1) is 0 Å². The van der Waals surface area contributed by atoms with Crippen LogP contribution in [0.15, 0.2) is 42.5 Å². The molecule has 2 aromatic carbocycles. The number of urea groups is 1. The third-order valence-corrected chi connectivity index (χ3v) is 11.3. The summed E-state index contributed by atoms with van der Waals surface area (Å²) in [4.78, 5) is 48.5. The number of amides is 5. The summed E-state index contributed by atoms with van der Waals surface area (Å²) < 4.78 is 28.3. The number of hydrogen-bond acceptors (Lipinski definition) is 12. The van der Waals surface area contributed by atoms with Crippen LogP contribution in [-0.2, 0) is 28.6 Å². The highest BCUT2D eigenvalue weighted by molar-refractivity contribution is 6.31. The van der Waals surface area contributed by atoms with Gasteiger partial charge >= 0.3 is 6.03 Å². The summed E-state index contributed by atoms with van der Waals surface area (Å²) in [7, 11) is 0. The minimum Gasteiger partial charge on any atom is -0.484 e. The summed E-state index contributed by atoms with van der Waals surface area (Å²) in [6.07, 6.45) is 7.16. The highest BCUT2D eigenvalue weighted by Crippen LogP contribution is 2.29. The molecule has 19 heteroatoms. The number of unbranched alkanes of at least 4 members (excludes halogenated alkanes) is 2. The molecule has 2 saturated heterocycles. The van der Waals surface area contributed by atoms with Crippen LogP contribution in [0.1, 0.15) is 76.3 Å². The predicted octanol–water partition coefficient (Wildman–Crippen LogP) is 3.55. The smallest absolute Gasteiger partial charge is 0.315 e. The first-order valence-corrected chi connectivity index (χ1v) is 22.1. The normalized spacial score (nSPS) is 21.4. The summed E-state index contributed by atoms with van der Waals surface area (Å²) in [5.41, 5.74) is 7.26. The molecule has 5 rings (SSSR count). The lowest BCUT2D eigenvalue weighted by molar-refractivity contribution is -0.125. The minimum absolute atomic E-state index is 0.0138. The first-order valence-electron chi connectivity index (χ1n) is 21.3. The van der Waals surface area contributed by atoms with E-state index in [1.165, 1.54) is 0 Å². The Morgan fingerprint density at radius 1 is 0.754 bits per heavy atom. The van der Waals surface area contributed by atoms with Crippen molar-refractivity contribution in [3.63, 3.8) is 0 Å². The van der Waals surface area contributed by atoms with Gasteiger partial charge in [0, 0.05) is 54.2 Å². The molecule has 0 aromatic heterocycles. The van der Waals surface area contributed by atoms with Crippen molar-refractivity contribution in [3.8, 4) is 11.5 Å². The molecule has 2 aromatic rings. The first-order chi connectivity index (χ1) is 29.6. The molecule has 0 bridgehead atoms. The Bertz CT molecular complexity index is 1670. The van der Waals surface area contributed by atoms with E-state index >= 15 is 0 Å². The van der Waals surface area contributed by atoms with Crippen LogP contribution in [0.2, 0.25) is 10.0 Å². The van der Waals surface area contributed by atoms with E-state index in [0.29, 0.717) is 87.2 Å². The second-order valence-corrected chi connectivity index (χ2v) is 16.3. The van der Waals surface area contributed by atoms with Gasteiger partial charge in [0.2, 0.25) is 5.91 Å². The second kappa shape index (κ2) is 26.5. The Morgan fingerprint density at radius 2 is 1.38 bits per heavy atom. The van der Waals surface area contributed by atoms with E-state index in [4.69, 9.17) is 46.9 Å². The van der Waals surface area contributed by atoms with E-state index in [9.17, 15) is 19.2 Å². The largest absolute Gasteiger partial charge is 0.484 e. The van der Waals surface area contributed by atoms with Crippen molar-refractivity contribution in [2.45, 2.75) is 94.9 Å². The Hall–Kier alpha value is -3.94. The van der Waals surface area contributed by atoms with Crippen molar-refractivity contribution in [2.24, 2.45) is 0 Å². The number of hydrogen-bond donors (Lipinski definition) is 7. The maximum atomic E-state index is 12.7. The zero-order chi connectivity index (χ0) is 43.2. The highest BCUT2D eigenvalue weighted by atomic mass is 35.5. The van der Waals surface area contributed by atoms with E-state index in [1.807, 2.05) is 18.0 Å². The van der Waals surface area contributed by atoms with Crippen molar-refractivity contribution in [1.29, 1.82) is 0 Å². The molecule has 0 spiro atoms. The maximum Gasteiger partial charge on any atom is 0.315 e. The van der Waals surface area contributed by atoms with Gasteiger partial charge in [0.25, 0.3) is 11.8 Å². The molecule has 1 aliphatic carbocycles. The van der Waals surface area contributed by atoms with Crippen molar-refractivity contribution in [2.75, 3.05) is 72.5 Å². The Kier molecular flexibility index (Phi) is 20.9. The molecule has 3 aliphatic rings. The SMILES string of the molecule is C[C@@H]1NC(=O)N[C@@H]1CCCCCC(=O)NCCOCCOCCOCCN1CC(c2cc(OCC(=O)N[C@H]3CC[C@H](NC(=O)COc4ccc(Cl)cc4)CC3)ccc2Cl)NN1. The van der Waals surface area contributed by atoms with Crippen LogP contribution in [0, 0.1) is 0 Å². The first kappa shape index (κ1) is 48.1. The molecular weight excluding hydrogens is 831 g/mol. The Balaban J connectivity index is 0.827. The second-order valence-electron chi connectivity index (χ2n) is 15.5. The highest BCUT2D eigenvalue weighted by Gasteiger charge is 2.28. The number of rotatable bonds is 27. The lowest BCUT2D eigenvalue weighted by atomic mass is 9.91. The lowest BCUT2D eigenvalue weighted by Crippen LogP contribution is -2.45. The van der Waals surface area contributed by atoms with Crippen LogP contribution in [0.25, 0.3) is 0 Å². The van der Waals surface area contributed by atoms with Crippen LogP contribution in [0.3, 0.4) is 0 Å². The molecule has 1 saturated carbocycles. The number of ether oxygens (including phenoxy) is 5. The van der Waals surface area contributed by atoms with Crippen molar-refractivity contribution in [1.82, 2.24) is 42.6 Å². The van der Waals surface area contributed by atoms with Gasteiger partial charge in [0.1, 0.15) is 11.5 Å². The predicted molar refractivity (Wildman–Crippen MR) is 230 cm³/mol. The summed E-state index contributed by atoms with van der Waals surface area (Å²) >= 11 is 12.5. The third-order valence-electron chi connectivity index (χ3n) is 10.7. The van der Waals surface area contributed by atoms with Crippen LogP contribution in [0.4, 0.5) is 4.79 Å². The third kappa shape index (κ3) is 18.1. The molecule has 2 heterocycles. The molecule has 1 unspecified atom stereocenters. The van der Waals surface area contributed by atoms with Gasteiger partial charge in [-0.25, -0.2) is 15.2 Å². The van der Waals surface area contributed by atoms with E-state index < -0.39 is 0 Å². The van der Waals surface area contributed by atoms with Gasteiger partial charge in [-0.3, -0.25) is 14.4 Å². The fourth-order valence-corrected chi connectivity index (χ4v) is 7.67. The van der Waals surface area contributed by atoms with E-state index in [-0.39, 0.29) is 67.2 Å². The standard InChI is InChI=1S/C42H62Cl2N8O9/c1-29-37(49-42(56)46-29)5-3-2-4-6-39(53)45-17-19-57-21-23-59-24-22-58-20-18-52-26-38(50-51-52)35-25-34(15-16-36(35)44)61-28-41(55)48-32-11-9-31(10-12-32)47-40(54)27-60-33-13-7-30(43)8-14-33/h7-8,13-16,25,29,31-32,37-38,50-51H,2-6,9-12,17-24,26-28H2,1H3,(H,45,53)(H,47,54)(H,48,55)(H2,46,49,56)/t29-,31-,32-,37+,38?/m0/s1. The molecule has 338 valence electrons. The Labute approximate surface area is 368 Å². The average molecular weight is 894 g/mol. The van der Waals surface area contributed by atoms with Gasteiger partial charge in [0.15, 0.2) is 13.2 Å². The summed E-state index contributed by atoms with van der Waals surface area (Å²) in [6.45, 7) is 6.23. The fourth-order valence-electron chi connectivity index (χ4n) is 7.29. The number of nitrogens with one attached hydrogen (secondary N) is 7. The summed E-state index contributed by atoms with van der Waals surface area (Å²) in [5, 5.41) is 17.9. The van der Waals surface area contributed by atoms with Crippen LogP contribution in [0.5, 0.6) is 11.5 Å². The average Bonchev–Trinajstić information content (AvgIpc) is 3.85. The number of halogens is 2. The van der Waals surface area contributed by atoms with Crippen molar-refractivity contribution >= 4 is 47.0 Å². The number of carbonyl (C=O) groups is 4. The molecule has 17 nitrogen and oxygen atoms in total. The van der Waals surface area contributed by atoms with Gasteiger partial charge in [-0.2, -0.15) is 5.53 Å². The molecule has 61 heavy (non-hydrogen) atoms. The fraction of sp³-hybridized carbons (Fsp3) is 0.619. The lowest BCUT2D eigenvalue weighted by Gasteiger charge is -2.29. The van der Waals surface area contributed by atoms with Gasteiger partial charge in [-0.05, 0) is 93.5 Å². The van der Waals surface area contributed by atoms with Crippen LogP contribution >= 0.6 is 23.2 Å². The molecule has 2 aliphatic heterocycles. The monoisotopic (exact) mass is 892 g/mol. The molecule has 0 radical (unpaired) electrons. The van der Waals surface area contributed by atoms with Crippen LogP contribution in [-0.4, -0.2) is 125 Å². The van der Waals surface area contributed by atoms with Crippen molar-refractivity contribution in [3.05, 3.63) is 58.1 Å². The summed E-state index contributed by atoms with van der Waals surface area (Å²) in [5.74, 6) is 0.759. The van der Waals surface area contributed by atoms with E-state index in [1.54, 1.807) is 36.4 Å². The van der Waals surface area contributed by atoms with Crippen LogP contribution < -0.4 is 47.0 Å². The molecule has 5 amide bonds. The zero-order valence-electron chi connectivity index (χ0n) is 34.9. The summed E-state index contributed by atoms with van der Waals surface area (Å²) in [6, 6.07) is 12.4. The van der Waals surface area contributed by atoms with Crippen molar-refractivity contribution < 1.29 is 42.9 Å². The molecular formula is C42H62Cl2N8O9. The number of hydrazine groups is 2. The maximum absolute atomic E-state index is 12.7. The molecule has 3 atom stereocenters. The van der Waals surface area contributed by atoms with E-state index in [2.05, 4.69) is 37.5 Å². The number of nitrogens with zero attached hydrogens (tertiary/aromatic N) is 1. The zero-order valence-corrected chi connectivity index (χ0v) is 36.5. The Morgan fingerprint density at radius 3 is 2.03 bits per heavy atom. The van der Waals surface area contributed by atoms with Gasteiger partial charge < -0.3 is 50.3 Å². The number of benzene rings is 2. The van der Waals surface area contributed by atoms with E-state index in [0.717, 1.165) is 56.9 Å². The number of carbonyl (C=O) groups excluding carboxylic acids is 4. The topological polar surface area (TPSA) is 202 Å².